The molecule has 139 valence electrons. The second-order valence-electron chi connectivity index (χ2n) is 5.20. The molecule has 0 aliphatic heterocycles. The molecule has 0 saturated heterocycles. The van der Waals surface area contributed by atoms with Gasteiger partial charge < -0.3 is 19.8 Å². The van der Waals surface area contributed by atoms with Gasteiger partial charge in [0.1, 0.15) is 0 Å². The Balaban J connectivity index is 0.000000795. The van der Waals surface area contributed by atoms with E-state index in [-0.39, 0.29) is 22.4 Å². The van der Waals surface area contributed by atoms with Crippen molar-refractivity contribution < 1.29 is 22.4 Å². The Morgan fingerprint density at radius 2 is 0.923 bits per heavy atom. The molecule has 26 heavy (non-hydrogen) atoms. The van der Waals surface area contributed by atoms with Gasteiger partial charge in [-0.05, 0) is 23.8 Å². The summed E-state index contributed by atoms with van der Waals surface area (Å²) in [5, 5.41) is 4.19. The Bertz CT molecular complexity index is 597. The van der Waals surface area contributed by atoms with Crippen molar-refractivity contribution >= 4 is 23.8 Å². The van der Waals surface area contributed by atoms with Crippen LogP contribution < -0.4 is 15.9 Å². The number of terminal acetylenes is 1. The van der Waals surface area contributed by atoms with Gasteiger partial charge in [-0.15, -0.1) is 0 Å². The molecule has 0 saturated carbocycles. The van der Waals surface area contributed by atoms with Crippen molar-refractivity contribution in [2.24, 2.45) is 0 Å². The molecule has 3 aromatic carbocycles. The topological polar surface area (TPSA) is 0 Å². The molecule has 0 N–H and O–H groups in total. The number of unbranched alkanes of at least 4 members (excludes halogenated alkanes) is 1. The van der Waals surface area contributed by atoms with E-state index in [0.29, 0.717) is 0 Å². The van der Waals surface area contributed by atoms with Crippen LogP contribution in [0.5, 0.6) is 0 Å². The molecule has 0 atom stereocenters. The molecule has 0 aliphatic rings. The van der Waals surface area contributed by atoms with E-state index in [1.54, 1.807) is 0 Å². The largest absolute Gasteiger partial charge is 0.697 e. The quantitative estimate of drug-likeness (QED) is 0.183. The smallest absolute Gasteiger partial charge is 0 e. The molecule has 0 nitrogen and oxygen atoms in total. The molecule has 0 bridgehead atoms. The molecule has 0 spiro atoms. The predicted molar refractivity (Wildman–Crippen MR) is 114 cm³/mol. The van der Waals surface area contributed by atoms with Gasteiger partial charge in [0.05, 0.1) is 0 Å². The molecule has 2 heteroatoms. The maximum Gasteiger partial charge on any atom is 0 e. The van der Waals surface area contributed by atoms with Crippen LogP contribution in [-0.2, 0) is 22.4 Å². The van der Waals surface area contributed by atoms with Gasteiger partial charge in [-0.25, -0.2) is 0 Å². The molecule has 0 aliphatic carbocycles. The molecule has 3 aromatic rings. The van der Waals surface area contributed by atoms with E-state index in [4.69, 9.17) is 6.42 Å². The van der Waals surface area contributed by atoms with E-state index in [2.05, 4.69) is 111 Å². The first-order valence-electron chi connectivity index (χ1n) is 8.40. The van der Waals surface area contributed by atoms with E-state index in [1.165, 1.54) is 22.3 Å². The fourth-order valence-electron chi connectivity index (χ4n) is 2.18. The van der Waals surface area contributed by atoms with Gasteiger partial charge in [0.25, 0.3) is 0 Å². The zero-order valence-corrected chi connectivity index (χ0v) is 18.2. The minimum absolute atomic E-state index is 0. The van der Waals surface area contributed by atoms with Crippen LogP contribution >= 0.6 is 7.92 Å². The molecule has 0 amide bonds. The van der Waals surface area contributed by atoms with E-state index >= 15 is 0 Å². The van der Waals surface area contributed by atoms with Crippen LogP contribution in [-0.4, -0.2) is 0 Å². The second-order valence-corrected chi connectivity index (χ2v) is 7.42. The molecular weight excluding hydrogens is 516 g/mol. The fraction of sp³-hybridized carbons (Fsp3) is 0.125. The monoisotopic (exact) mass is 541 g/mol. The molecule has 0 unspecified atom stereocenters. The van der Waals surface area contributed by atoms with Crippen LogP contribution in [0.15, 0.2) is 91.0 Å². The predicted octanol–water partition coefficient (Wildman–Crippen LogP) is 5.27. The maximum absolute atomic E-state index is 5.25. The third-order valence-electron chi connectivity index (χ3n) is 3.40. The van der Waals surface area contributed by atoms with Gasteiger partial charge >= 0.3 is 0 Å². The summed E-state index contributed by atoms with van der Waals surface area (Å²) in [6, 6.07) is 32.3. The summed E-state index contributed by atoms with van der Waals surface area (Å²) in [4.78, 5) is 0. The summed E-state index contributed by atoms with van der Waals surface area (Å²) < 4.78 is 0. The number of hydrogen-bond donors (Lipinski definition) is 0. The fourth-order valence-corrected chi connectivity index (χ4v) is 4.48. The summed E-state index contributed by atoms with van der Waals surface area (Å²) in [6.45, 7) is 5.72. The third kappa shape index (κ3) is 8.18. The summed E-state index contributed by atoms with van der Waals surface area (Å²) >= 11 is 0. The van der Waals surface area contributed by atoms with E-state index in [9.17, 15) is 0 Å². The molecule has 0 aromatic heterocycles. The molecule has 1 radical (unpaired) electrons. The standard InChI is InChI=1S/C18H15P.C4H9.C2H.Au/c1-4-10-16(11-5-1)19(17-12-6-2-7-13-17)18-14-8-3-9-15-18;1-3-4-2;1-2;/h1-15H;1,3-4H2,2H3;1H;/q;2*-1;. The van der Waals surface area contributed by atoms with Gasteiger partial charge in [-0.1, -0.05) is 104 Å². The average Bonchev–Trinajstić information content (AvgIpc) is 2.72. The van der Waals surface area contributed by atoms with Gasteiger partial charge in [0.2, 0.25) is 0 Å². The van der Waals surface area contributed by atoms with Gasteiger partial charge in [-0.3, -0.25) is 0 Å². The Labute approximate surface area is 176 Å². The summed E-state index contributed by atoms with van der Waals surface area (Å²) in [5.41, 5.74) is 0. The number of benzene rings is 3. The summed E-state index contributed by atoms with van der Waals surface area (Å²) in [7, 11) is -0.446. The summed E-state index contributed by atoms with van der Waals surface area (Å²) in [6.07, 6.45) is 11.3. The van der Waals surface area contributed by atoms with Crippen molar-refractivity contribution in [1.29, 1.82) is 0 Å². The van der Waals surface area contributed by atoms with E-state index in [1.807, 2.05) is 0 Å². The molecular formula is C24H25AuP-2. The van der Waals surface area contributed by atoms with Crippen LogP contribution in [0.3, 0.4) is 0 Å². The second kappa shape index (κ2) is 15.6. The van der Waals surface area contributed by atoms with Crippen molar-refractivity contribution in [3.05, 3.63) is 104 Å². The van der Waals surface area contributed by atoms with Crippen molar-refractivity contribution in [1.82, 2.24) is 0 Å². The number of rotatable bonds is 4. The molecule has 0 heterocycles. The Morgan fingerprint density at radius 3 is 1.12 bits per heavy atom. The Kier molecular flexibility index (Phi) is 14.7. The SMILES string of the molecule is [Au].[C-]#C.[CH2-]CCC.c1ccc(P(c2ccccc2)c2ccccc2)cc1. The molecule has 0 fully saturated rings. The Hall–Kier alpha value is -1.61. The number of hydrogen-bond acceptors (Lipinski definition) is 0. The minimum atomic E-state index is -0.446. The third-order valence-corrected chi connectivity index (χ3v) is 5.84. The van der Waals surface area contributed by atoms with Crippen molar-refractivity contribution in [2.75, 3.05) is 0 Å². The van der Waals surface area contributed by atoms with Crippen LogP contribution in [0.1, 0.15) is 19.8 Å². The zero-order valence-electron chi connectivity index (χ0n) is 15.1. The van der Waals surface area contributed by atoms with Crippen molar-refractivity contribution in [3.63, 3.8) is 0 Å². The van der Waals surface area contributed by atoms with E-state index < -0.39 is 7.92 Å². The van der Waals surface area contributed by atoms with Gasteiger partial charge in [-0.2, -0.15) is 6.42 Å². The van der Waals surface area contributed by atoms with Crippen LogP contribution in [0, 0.1) is 19.8 Å². The minimum Gasteiger partial charge on any atom is -0.697 e. The van der Waals surface area contributed by atoms with E-state index in [0.717, 1.165) is 6.42 Å². The van der Waals surface area contributed by atoms with Crippen LogP contribution in [0.2, 0.25) is 0 Å². The first kappa shape index (κ1) is 24.4. The van der Waals surface area contributed by atoms with Crippen molar-refractivity contribution in [3.8, 4) is 6.42 Å². The average molecular weight is 541 g/mol. The van der Waals surface area contributed by atoms with Gasteiger partial charge in [0.15, 0.2) is 0 Å². The maximum atomic E-state index is 5.25. The first-order valence-corrected chi connectivity index (χ1v) is 9.74. The Morgan fingerprint density at radius 1 is 0.692 bits per heavy atom. The first-order chi connectivity index (χ1) is 12.4. The normalized spacial score (nSPS) is 8.96. The van der Waals surface area contributed by atoms with Crippen molar-refractivity contribution in [2.45, 2.75) is 19.8 Å². The zero-order chi connectivity index (χ0) is 18.3. The van der Waals surface area contributed by atoms with Crippen LogP contribution in [0.4, 0.5) is 0 Å². The van der Waals surface area contributed by atoms with Gasteiger partial charge in [0, 0.05) is 22.4 Å². The summed E-state index contributed by atoms with van der Waals surface area (Å²) in [5.74, 6) is 0. The van der Waals surface area contributed by atoms with Crippen LogP contribution in [0.25, 0.3) is 0 Å². The molecule has 3 rings (SSSR count).